The van der Waals surface area contributed by atoms with Gasteiger partial charge in [-0.25, -0.2) is 4.79 Å². The molecule has 1 aromatic rings. The number of nitrogens with zero attached hydrogens (tertiary/aromatic N) is 1. The van der Waals surface area contributed by atoms with Crippen molar-refractivity contribution in [2.75, 3.05) is 12.0 Å². The third-order valence-corrected chi connectivity index (χ3v) is 3.60. The van der Waals surface area contributed by atoms with Crippen LogP contribution in [0.4, 0.5) is 0 Å². The molecule has 0 aliphatic carbocycles. The van der Waals surface area contributed by atoms with Gasteiger partial charge in [-0.1, -0.05) is 17.7 Å². The van der Waals surface area contributed by atoms with Crippen molar-refractivity contribution in [2.45, 2.75) is 32.4 Å². The highest BCUT2D eigenvalue weighted by atomic mass is 32.2. The van der Waals surface area contributed by atoms with Gasteiger partial charge in [0.2, 0.25) is 0 Å². The molecule has 0 aliphatic rings. The molecular formula is C16H20N2O3S. The van der Waals surface area contributed by atoms with Crippen LogP contribution in [0.5, 0.6) is 0 Å². The molecule has 2 atom stereocenters. The Bertz CT molecular complexity index is 569. The number of hydrogen-bond donors (Lipinski definition) is 1. The van der Waals surface area contributed by atoms with Crippen LogP contribution in [0.3, 0.4) is 0 Å². The average molecular weight is 320 g/mol. The molecule has 1 N–H and O–H groups in total. The molecule has 118 valence electrons. The minimum absolute atomic E-state index is 0.323. The van der Waals surface area contributed by atoms with Crippen LogP contribution < -0.4 is 5.32 Å². The number of ether oxygens (including phenoxy) is 1. The molecule has 1 rings (SSSR count). The summed E-state index contributed by atoms with van der Waals surface area (Å²) >= 11 is 1.57. The van der Waals surface area contributed by atoms with E-state index in [1.54, 1.807) is 30.0 Å². The maximum atomic E-state index is 12.2. The van der Waals surface area contributed by atoms with E-state index in [2.05, 4.69) is 5.32 Å². The second kappa shape index (κ2) is 9.11. The van der Waals surface area contributed by atoms with Crippen LogP contribution in [0, 0.1) is 18.3 Å². The Hall–Kier alpha value is -2.00. The molecule has 0 radical (unpaired) electrons. The highest BCUT2D eigenvalue weighted by Crippen LogP contribution is 2.08. The zero-order valence-corrected chi connectivity index (χ0v) is 13.8. The number of carbonyl (C=O) groups excluding carboxylic acids is 2. The molecule has 0 spiro atoms. The van der Waals surface area contributed by atoms with Gasteiger partial charge in [0.05, 0.1) is 0 Å². The van der Waals surface area contributed by atoms with Gasteiger partial charge in [0.15, 0.2) is 6.10 Å². The number of hydrogen-bond acceptors (Lipinski definition) is 5. The Labute approximate surface area is 135 Å². The molecule has 0 fully saturated rings. The Morgan fingerprint density at radius 2 is 2.18 bits per heavy atom. The van der Waals surface area contributed by atoms with Crippen molar-refractivity contribution in [1.29, 1.82) is 5.26 Å². The molecule has 0 aromatic heterocycles. The van der Waals surface area contributed by atoms with Crippen molar-refractivity contribution in [3.05, 3.63) is 35.4 Å². The van der Waals surface area contributed by atoms with E-state index in [0.29, 0.717) is 17.7 Å². The molecule has 0 saturated heterocycles. The fourth-order valence-corrected chi connectivity index (χ4v) is 2.27. The summed E-state index contributed by atoms with van der Waals surface area (Å²) in [6, 6.07) is 8.21. The molecule has 1 amide bonds. The normalized spacial score (nSPS) is 12.8. The first kappa shape index (κ1) is 18.1. The molecule has 1 aromatic carbocycles. The molecule has 22 heavy (non-hydrogen) atoms. The Balaban J connectivity index is 2.77. The minimum Gasteiger partial charge on any atom is -0.446 e. The van der Waals surface area contributed by atoms with Crippen LogP contribution in [0.15, 0.2) is 24.3 Å². The molecule has 0 heterocycles. The SMILES string of the molecule is CSCC[C@H](NC(=O)c1cccc(C)c1)C(=O)O[C@@H](C)C#N. The number of aryl methyl sites for hydroxylation is 1. The fourth-order valence-electron chi connectivity index (χ4n) is 1.80. The number of benzene rings is 1. The molecule has 0 unspecified atom stereocenters. The van der Waals surface area contributed by atoms with E-state index in [1.807, 2.05) is 25.3 Å². The minimum atomic E-state index is -0.833. The topological polar surface area (TPSA) is 79.2 Å². The third-order valence-electron chi connectivity index (χ3n) is 2.96. The summed E-state index contributed by atoms with van der Waals surface area (Å²) in [5, 5.41) is 11.4. The average Bonchev–Trinajstić information content (AvgIpc) is 2.50. The number of nitrogens with one attached hydrogen (secondary N) is 1. The standard InChI is InChI=1S/C16H20N2O3S/c1-11-5-4-6-13(9-11)15(19)18-14(7-8-22-3)16(20)21-12(2)10-17/h4-6,9,12,14H,7-8H2,1-3H3,(H,18,19)/t12-,14-/m0/s1. The lowest BCUT2D eigenvalue weighted by atomic mass is 10.1. The number of esters is 1. The maximum absolute atomic E-state index is 12.2. The van der Waals surface area contributed by atoms with Gasteiger partial charge in [-0.2, -0.15) is 17.0 Å². The Morgan fingerprint density at radius 3 is 2.77 bits per heavy atom. The van der Waals surface area contributed by atoms with Crippen LogP contribution in [0.1, 0.15) is 29.3 Å². The van der Waals surface area contributed by atoms with Gasteiger partial charge in [0.1, 0.15) is 12.1 Å². The summed E-state index contributed by atoms with van der Waals surface area (Å²) in [7, 11) is 0. The van der Waals surface area contributed by atoms with Crippen molar-refractivity contribution >= 4 is 23.6 Å². The predicted octanol–water partition coefficient (Wildman–Crippen LogP) is 2.30. The lowest BCUT2D eigenvalue weighted by Crippen LogP contribution is -2.43. The van der Waals surface area contributed by atoms with Crippen molar-refractivity contribution in [2.24, 2.45) is 0 Å². The van der Waals surface area contributed by atoms with E-state index in [9.17, 15) is 9.59 Å². The van der Waals surface area contributed by atoms with Gasteiger partial charge in [-0.05, 0) is 44.4 Å². The van der Waals surface area contributed by atoms with Crippen LogP contribution >= 0.6 is 11.8 Å². The van der Waals surface area contributed by atoms with Gasteiger partial charge in [0, 0.05) is 5.56 Å². The second-order valence-electron chi connectivity index (χ2n) is 4.89. The summed E-state index contributed by atoms with van der Waals surface area (Å²) in [6.45, 7) is 3.39. The van der Waals surface area contributed by atoms with Gasteiger partial charge >= 0.3 is 5.97 Å². The third kappa shape index (κ3) is 5.78. The molecule has 5 nitrogen and oxygen atoms in total. The summed E-state index contributed by atoms with van der Waals surface area (Å²) < 4.78 is 5.00. The molecule has 0 bridgehead atoms. The molecule has 6 heteroatoms. The van der Waals surface area contributed by atoms with E-state index in [4.69, 9.17) is 10.00 Å². The van der Waals surface area contributed by atoms with Crippen molar-refractivity contribution < 1.29 is 14.3 Å². The summed E-state index contributed by atoms with van der Waals surface area (Å²) in [5.41, 5.74) is 1.46. The number of amides is 1. The van der Waals surface area contributed by atoms with Gasteiger partial charge in [-0.15, -0.1) is 0 Å². The van der Waals surface area contributed by atoms with E-state index < -0.39 is 18.1 Å². The quantitative estimate of drug-likeness (QED) is 0.780. The smallest absolute Gasteiger partial charge is 0.329 e. The molecular weight excluding hydrogens is 300 g/mol. The predicted molar refractivity (Wildman–Crippen MR) is 86.6 cm³/mol. The largest absolute Gasteiger partial charge is 0.446 e. The number of thioether (sulfide) groups is 1. The maximum Gasteiger partial charge on any atom is 0.329 e. The second-order valence-corrected chi connectivity index (χ2v) is 5.87. The summed E-state index contributed by atoms with van der Waals surface area (Å²) in [6.07, 6.45) is 1.54. The monoisotopic (exact) mass is 320 g/mol. The van der Waals surface area contributed by atoms with Gasteiger partial charge in [-0.3, -0.25) is 4.79 Å². The highest BCUT2D eigenvalue weighted by Gasteiger charge is 2.24. The molecule has 0 aliphatic heterocycles. The lowest BCUT2D eigenvalue weighted by molar-refractivity contribution is -0.148. The van der Waals surface area contributed by atoms with E-state index >= 15 is 0 Å². The fraction of sp³-hybridized carbons (Fsp3) is 0.438. The number of nitriles is 1. The molecule has 0 saturated carbocycles. The summed E-state index contributed by atoms with van der Waals surface area (Å²) in [4.78, 5) is 24.3. The van der Waals surface area contributed by atoms with E-state index in [0.717, 1.165) is 5.56 Å². The zero-order chi connectivity index (χ0) is 16.5. The van der Waals surface area contributed by atoms with Crippen molar-refractivity contribution in [3.63, 3.8) is 0 Å². The van der Waals surface area contributed by atoms with Crippen molar-refractivity contribution in [1.82, 2.24) is 5.32 Å². The summed E-state index contributed by atoms with van der Waals surface area (Å²) in [5.74, 6) is -0.199. The van der Waals surface area contributed by atoms with E-state index in [1.165, 1.54) is 6.92 Å². The zero-order valence-electron chi connectivity index (χ0n) is 13.0. The van der Waals surface area contributed by atoms with Gasteiger partial charge in [0.25, 0.3) is 5.91 Å². The van der Waals surface area contributed by atoms with Crippen LogP contribution in [0.2, 0.25) is 0 Å². The van der Waals surface area contributed by atoms with Crippen molar-refractivity contribution in [3.8, 4) is 6.07 Å². The first-order valence-electron chi connectivity index (χ1n) is 6.94. The van der Waals surface area contributed by atoms with Gasteiger partial charge < -0.3 is 10.1 Å². The number of carbonyl (C=O) groups is 2. The lowest BCUT2D eigenvalue weighted by Gasteiger charge is -2.18. The van der Waals surface area contributed by atoms with Crippen LogP contribution in [-0.4, -0.2) is 36.0 Å². The van der Waals surface area contributed by atoms with Crippen LogP contribution in [-0.2, 0) is 9.53 Å². The first-order valence-corrected chi connectivity index (χ1v) is 8.34. The first-order chi connectivity index (χ1) is 10.5. The van der Waals surface area contributed by atoms with Crippen LogP contribution in [0.25, 0.3) is 0 Å². The Morgan fingerprint density at radius 1 is 1.45 bits per heavy atom. The Kier molecular flexibility index (Phi) is 7.47. The number of rotatable bonds is 7. The van der Waals surface area contributed by atoms with E-state index in [-0.39, 0.29) is 5.91 Å². The highest BCUT2D eigenvalue weighted by molar-refractivity contribution is 7.98.